The Morgan fingerprint density at radius 3 is 2.67 bits per heavy atom. The number of carbonyl (C=O) groups is 1. The molecule has 2 aromatic rings. The van der Waals surface area contributed by atoms with E-state index in [2.05, 4.69) is 0 Å². The number of benzene rings is 2. The van der Waals surface area contributed by atoms with Crippen molar-refractivity contribution in [1.82, 2.24) is 0 Å². The molecule has 108 valence electrons. The number of amides is 1. The SMILES string of the molecule is Nc1ccc2c(c1)CCCN2C(=O)c1ccc(F)c(F)c1. The predicted octanol–water partition coefficient (Wildman–Crippen LogP) is 3.14. The molecule has 5 heteroatoms. The summed E-state index contributed by atoms with van der Waals surface area (Å²) in [5.74, 6) is -2.31. The van der Waals surface area contributed by atoms with Crippen LogP contribution in [0.3, 0.4) is 0 Å². The zero-order valence-corrected chi connectivity index (χ0v) is 11.3. The highest BCUT2D eigenvalue weighted by Gasteiger charge is 2.24. The molecule has 3 nitrogen and oxygen atoms in total. The van der Waals surface area contributed by atoms with Gasteiger partial charge in [-0.3, -0.25) is 4.79 Å². The summed E-state index contributed by atoms with van der Waals surface area (Å²) in [6.07, 6.45) is 1.66. The van der Waals surface area contributed by atoms with Gasteiger partial charge >= 0.3 is 0 Å². The first-order valence-electron chi connectivity index (χ1n) is 6.71. The number of hydrogen-bond acceptors (Lipinski definition) is 2. The molecule has 21 heavy (non-hydrogen) atoms. The fourth-order valence-electron chi connectivity index (χ4n) is 2.61. The van der Waals surface area contributed by atoms with Crippen LogP contribution in [0.5, 0.6) is 0 Å². The maximum absolute atomic E-state index is 13.3. The largest absolute Gasteiger partial charge is 0.399 e. The van der Waals surface area contributed by atoms with Crippen LogP contribution in [0.25, 0.3) is 0 Å². The first kappa shape index (κ1) is 13.5. The van der Waals surface area contributed by atoms with Crippen molar-refractivity contribution in [1.29, 1.82) is 0 Å². The molecule has 0 saturated heterocycles. The normalized spacial score (nSPS) is 13.9. The molecule has 1 aliphatic heterocycles. The van der Waals surface area contributed by atoms with Gasteiger partial charge in [0.15, 0.2) is 11.6 Å². The van der Waals surface area contributed by atoms with Crippen LogP contribution in [0, 0.1) is 11.6 Å². The van der Waals surface area contributed by atoms with E-state index >= 15 is 0 Å². The highest BCUT2D eigenvalue weighted by molar-refractivity contribution is 6.06. The Morgan fingerprint density at radius 2 is 1.90 bits per heavy atom. The number of nitrogens with two attached hydrogens (primary N) is 1. The summed E-state index contributed by atoms with van der Waals surface area (Å²) < 4.78 is 26.3. The van der Waals surface area contributed by atoms with Crippen molar-refractivity contribution < 1.29 is 13.6 Å². The molecular formula is C16H14F2N2O. The van der Waals surface area contributed by atoms with Gasteiger partial charge in [0.25, 0.3) is 5.91 Å². The number of carbonyl (C=O) groups excluding carboxylic acids is 1. The number of nitrogen functional groups attached to an aromatic ring is 1. The van der Waals surface area contributed by atoms with Crippen LogP contribution in [0.2, 0.25) is 0 Å². The Hall–Kier alpha value is -2.43. The van der Waals surface area contributed by atoms with Crippen LogP contribution in [0.4, 0.5) is 20.2 Å². The highest BCUT2D eigenvalue weighted by atomic mass is 19.2. The van der Waals surface area contributed by atoms with Gasteiger partial charge in [0.1, 0.15) is 0 Å². The predicted molar refractivity (Wildman–Crippen MR) is 77.2 cm³/mol. The average Bonchev–Trinajstić information content (AvgIpc) is 2.48. The van der Waals surface area contributed by atoms with Gasteiger partial charge in [-0.05, 0) is 54.8 Å². The van der Waals surface area contributed by atoms with Crippen LogP contribution < -0.4 is 10.6 Å². The first-order chi connectivity index (χ1) is 10.1. The van der Waals surface area contributed by atoms with Crippen molar-refractivity contribution in [3.05, 3.63) is 59.2 Å². The minimum Gasteiger partial charge on any atom is -0.399 e. The van der Waals surface area contributed by atoms with Crippen LogP contribution in [0.1, 0.15) is 22.3 Å². The lowest BCUT2D eigenvalue weighted by Gasteiger charge is -2.29. The lowest BCUT2D eigenvalue weighted by atomic mass is 10.00. The molecule has 3 rings (SSSR count). The smallest absolute Gasteiger partial charge is 0.258 e. The lowest BCUT2D eigenvalue weighted by molar-refractivity contribution is 0.0984. The van der Waals surface area contributed by atoms with Crippen molar-refractivity contribution in [2.24, 2.45) is 0 Å². The first-order valence-corrected chi connectivity index (χ1v) is 6.71. The Bertz CT molecular complexity index is 715. The van der Waals surface area contributed by atoms with E-state index < -0.39 is 11.6 Å². The van der Waals surface area contributed by atoms with E-state index in [0.29, 0.717) is 12.2 Å². The van der Waals surface area contributed by atoms with Crippen molar-refractivity contribution in [2.45, 2.75) is 12.8 Å². The molecule has 2 N–H and O–H groups in total. The zero-order chi connectivity index (χ0) is 15.0. The third-order valence-corrected chi connectivity index (χ3v) is 3.63. The molecular weight excluding hydrogens is 274 g/mol. The Morgan fingerprint density at radius 1 is 1.10 bits per heavy atom. The molecule has 1 aliphatic rings. The third-order valence-electron chi connectivity index (χ3n) is 3.63. The molecule has 0 fully saturated rings. The summed E-state index contributed by atoms with van der Waals surface area (Å²) >= 11 is 0. The summed E-state index contributed by atoms with van der Waals surface area (Å²) in [5, 5.41) is 0. The Kier molecular flexibility index (Phi) is 3.33. The second kappa shape index (κ2) is 5.16. The molecule has 1 amide bonds. The van der Waals surface area contributed by atoms with Gasteiger partial charge in [0.2, 0.25) is 0 Å². The van der Waals surface area contributed by atoms with Crippen molar-refractivity contribution in [2.75, 3.05) is 17.2 Å². The van der Waals surface area contributed by atoms with Crippen molar-refractivity contribution in [3.8, 4) is 0 Å². The minimum atomic E-state index is -1.02. The molecule has 0 aromatic heterocycles. The second-order valence-electron chi connectivity index (χ2n) is 5.08. The van der Waals surface area contributed by atoms with Gasteiger partial charge in [-0.2, -0.15) is 0 Å². The number of anilines is 2. The van der Waals surface area contributed by atoms with E-state index in [9.17, 15) is 13.6 Å². The molecule has 1 heterocycles. The van der Waals surface area contributed by atoms with Crippen LogP contribution in [0.15, 0.2) is 36.4 Å². The maximum Gasteiger partial charge on any atom is 0.258 e. The number of nitrogens with zero attached hydrogens (tertiary/aromatic N) is 1. The quantitative estimate of drug-likeness (QED) is 0.819. The second-order valence-corrected chi connectivity index (χ2v) is 5.08. The Balaban J connectivity index is 1.98. The van der Waals surface area contributed by atoms with E-state index in [0.717, 1.165) is 36.2 Å². The van der Waals surface area contributed by atoms with Gasteiger partial charge in [0.05, 0.1) is 0 Å². The number of halogens is 2. The fraction of sp³-hybridized carbons (Fsp3) is 0.188. The highest BCUT2D eigenvalue weighted by Crippen LogP contribution is 2.30. The van der Waals surface area contributed by atoms with Crippen molar-refractivity contribution >= 4 is 17.3 Å². The molecule has 2 aromatic carbocycles. The third kappa shape index (κ3) is 2.46. The van der Waals surface area contributed by atoms with Gasteiger partial charge < -0.3 is 10.6 Å². The molecule has 0 unspecified atom stereocenters. The van der Waals surface area contributed by atoms with E-state index in [4.69, 9.17) is 5.73 Å². The number of rotatable bonds is 1. The average molecular weight is 288 g/mol. The fourth-order valence-corrected chi connectivity index (χ4v) is 2.61. The summed E-state index contributed by atoms with van der Waals surface area (Å²) in [6, 6.07) is 8.57. The molecule has 0 bridgehead atoms. The van der Waals surface area contributed by atoms with Gasteiger partial charge in [0, 0.05) is 23.5 Å². The van der Waals surface area contributed by atoms with Crippen LogP contribution in [-0.2, 0) is 6.42 Å². The van der Waals surface area contributed by atoms with Crippen LogP contribution in [-0.4, -0.2) is 12.5 Å². The monoisotopic (exact) mass is 288 g/mol. The molecule has 0 atom stereocenters. The van der Waals surface area contributed by atoms with E-state index in [1.165, 1.54) is 6.07 Å². The van der Waals surface area contributed by atoms with E-state index in [1.54, 1.807) is 17.0 Å². The molecule has 0 radical (unpaired) electrons. The Labute approximate surface area is 121 Å². The summed E-state index contributed by atoms with van der Waals surface area (Å²) in [4.78, 5) is 14.1. The minimum absolute atomic E-state index is 0.138. The van der Waals surface area contributed by atoms with Gasteiger partial charge in [-0.25, -0.2) is 8.78 Å². The molecule has 0 spiro atoms. The summed E-state index contributed by atoms with van der Waals surface area (Å²) in [7, 11) is 0. The van der Waals surface area contributed by atoms with Gasteiger partial charge in [-0.1, -0.05) is 0 Å². The summed E-state index contributed by atoms with van der Waals surface area (Å²) in [5.41, 5.74) is 8.32. The maximum atomic E-state index is 13.3. The number of hydrogen-bond donors (Lipinski definition) is 1. The summed E-state index contributed by atoms with van der Waals surface area (Å²) in [6.45, 7) is 0.550. The lowest BCUT2D eigenvalue weighted by Crippen LogP contribution is -2.35. The number of aryl methyl sites for hydroxylation is 1. The van der Waals surface area contributed by atoms with Crippen molar-refractivity contribution in [3.63, 3.8) is 0 Å². The standard InChI is InChI=1S/C16H14F2N2O/c17-13-5-3-11(9-14(13)18)16(21)20-7-1-2-10-8-12(19)4-6-15(10)20/h3-6,8-9H,1-2,7,19H2. The van der Waals surface area contributed by atoms with Gasteiger partial charge in [-0.15, -0.1) is 0 Å². The molecule has 0 saturated carbocycles. The molecule has 0 aliphatic carbocycles. The topological polar surface area (TPSA) is 46.3 Å². The van der Waals surface area contributed by atoms with Crippen LogP contribution >= 0.6 is 0 Å². The number of fused-ring (bicyclic) bond motifs is 1. The zero-order valence-electron chi connectivity index (χ0n) is 11.3. The van der Waals surface area contributed by atoms with E-state index in [1.807, 2.05) is 6.07 Å². The van der Waals surface area contributed by atoms with E-state index in [-0.39, 0.29) is 11.5 Å².